The molecule has 16 heavy (non-hydrogen) atoms. The van der Waals surface area contributed by atoms with Gasteiger partial charge in [0.15, 0.2) is 0 Å². The number of amides is 1. The third kappa shape index (κ3) is 3.98. The van der Waals surface area contributed by atoms with Crippen LogP contribution in [0.4, 0.5) is 4.79 Å². The Balaban J connectivity index is 2.51. The van der Waals surface area contributed by atoms with Crippen LogP contribution in [0.3, 0.4) is 0 Å². The minimum absolute atomic E-state index is 0.0209. The quantitative estimate of drug-likeness (QED) is 0.639. The molecule has 4 N–H and O–H groups in total. The van der Waals surface area contributed by atoms with Crippen LogP contribution in [0.25, 0.3) is 0 Å². The first-order chi connectivity index (χ1) is 7.29. The average Bonchev–Trinajstić information content (AvgIpc) is 2.28. The number of carbonyl (C=O) groups is 1. The van der Waals surface area contributed by atoms with Gasteiger partial charge >= 0.3 is 6.09 Å². The standard InChI is InChI=1S/C11H23N3O2/c1-11(2,3)16-10(15)14-6-4-8(12)9(13)5-7-14/h8-9H,4-7,12-13H2,1-3H3/t8-,9-/m0/s1. The number of likely N-dealkylation sites (tertiary alicyclic amines) is 1. The largest absolute Gasteiger partial charge is 0.444 e. The molecule has 0 aromatic rings. The molecule has 1 fully saturated rings. The van der Waals surface area contributed by atoms with Crippen molar-refractivity contribution in [1.82, 2.24) is 4.90 Å². The molecule has 5 heteroatoms. The number of ether oxygens (including phenoxy) is 1. The highest BCUT2D eigenvalue weighted by molar-refractivity contribution is 5.68. The van der Waals surface area contributed by atoms with Crippen LogP contribution >= 0.6 is 0 Å². The lowest BCUT2D eigenvalue weighted by atomic mass is 10.1. The monoisotopic (exact) mass is 229 g/mol. The van der Waals surface area contributed by atoms with Gasteiger partial charge < -0.3 is 21.1 Å². The van der Waals surface area contributed by atoms with E-state index in [-0.39, 0.29) is 18.2 Å². The van der Waals surface area contributed by atoms with Crippen LogP contribution in [-0.2, 0) is 4.74 Å². The van der Waals surface area contributed by atoms with Crippen molar-refractivity contribution in [3.8, 4) is 0 Å². The van der Waals surface area contributed by atoms with Crippen molar-refractivity contribution in [3.63, 3.8) is 0 Å². The molecule has 0 aromatic carbocycles. The number of hydrogen-bond donors (Lipinski definition) is 2. The topological polar surface area (TPSA) is 81.6 Å². The smallest absolute Gasteiger partial charge is 0.410 e. The number of rotatable bonds is 0. The van der Waals surface area contributed by atoms with Crippen molar-refractivity contribution in [3.05, 3.63) is 0 Å². The number of nitrogens with zero attached hydrogens (tertiary/aromatic N) is 1. The summed E-state index contributed by atoms with van der Waals surface area (Å²) in [5, 5.41) is 0. The summed E-state index contributed by atoms with van der Waals surface area (Å²) < 4.78 is 5.31. The van der Waals surface area contributed by atoms with Gasteiger partial charge in [-0.1, -0.05) is 0 Å². The number of carbonyl (C=O) groups excluding carboxylic acids is 1. The van der Waals surface area contributed by atoms with Crippen LogP contribution in [0.2, 0.25) is 0 Å². The van der Waals surface area contributed by atoms with E-state index in [1.807, 2.05) is 20.8 Å². The molecule has 0 spiro atoms. The lowest BCUT2D eigenvalue weighted by molar-refractivity contribution is 0.0256. The fraction of sp³-hybridized carbons (Fsp3) is 0.909. The summed E-state index contributed by atoms with van der Waals surface area (Å²) in [6, 6.07) is -0.0418. The van der Waals surface area contributed by atoms with Crippen molar-refractivity contribution in [2.24, 2.45) is 11.5 Å². The number of hydrogen-bond acceptors (Lipinski definition) is 4. The van der Waals surface area contributed by atoms with Gasteiger partial charge in [0.05, 0.1) is 0 Å². The summed E-state index contributed by atoms with van der Waals surface area (Å²) in [6.07, 6.45) is 1.20. The first-order valence-corrected chi connectivity index (χ1v) is 5.78. The van der Waals surface area contributed by atoms with Gasteiger partial charge in [-0.15, -0.1) is 0 Å². The first-order valence-electron chi connectivity index (χ1n) is 5.78. The SMILES string of the molecule is CC(C)(C)OC(=O)N1CC[C@H](N)[C@@H](N)CC1. The maximum absolute atomic E-state index is 11.8. The Morgan fingerprint density at radius 2 is 1.62 bits per heavy atom. The van der Waals surface area contributed by atoms with Gasteiger partial charge in [0.1, 0.15) is 5.60 Å². The van der Waals surface area contributed by atoms with Crippen LogP contribution in [0, 0.1) is 0 Å². The maximum Gasteiger partial charge on any atom is 0.410 e. The minimum Gasteiger partial charge on any atom is -0.444 e. The molecule has 1 amide bonds. The predicted octanol–water partition coefficient (Wildman–Crippen LogP) is 0.672. The fourth-order valence-electron chi connectivity index (χ4n) is 1.66. The van der Waals surface area contributed by atoms with Crippen molar-refractivity contribution in [2.45, 2.75) is 51.3 Å². The predicted molar refractivity (Wildman–Crippen MR) is 63.0 cm³/mol. The molecular formula is C11H23N3O2. The van der Waals surface area contributed by atoms with Crippen molar-refractivity contribution in [1.29, 1.82) is 0 Å². The van der Waals surface area contributed by atoms with Gasteiger partial charge in [0.2, 0.25) is 0 Å². The molecule has 0 radical (unpaired) electrons. The van der Waals surface area contributed by atoms with Crippen molar-refractivity contribution >= 4 is 6.09 Å². The molecule has 1 aliphatic heterocycles. The molecule has 0 saturated carbocycles. The molecule has 0 aliphatic carbocycles. The Morgan fingerprint density at radius 3 is 2.00 bits per heavy atom. The molecule has 5 nitrogen and oxygen atoms in total. The highest BCUT2D eigenvalue weighted by Crippen LogP contribution is 2.14. The second-order valence-electron chi connectivity index (χ2n) is 5.37. The van der Waals surface area contributed by atoms with Gasteiger partial charge in [-0.2, -0.15) is 0 Å². The Morgan fingerprint density at radius 1 is 1.19 bits per heavy atom. The molecule has 1 heterocycles. The molecular weight excluding hydrogens is 206 g/mol. The van der Waals surface area contributed by atoms with E-state index >= 15 is 0 Å². The van der Waals surface area contributed by atoms with E-state index < -0.39 is 5.60 Å². The minimum atomic E-state index is -0.451. The summed E-state index contributed by atoms with van der Waals surface area (Å²) in [4.78, 5) is 13.5. The Bertz CT molecular complexity index is 238. The fourth-order valence-corrected chi connectivity index (χ4v) is 1.66. The van der Waals surface area contributed by atoms with Crippen LogP contribution in [0.1, 0.15) is 33.6 Å². The molecule has 0 unspecified atom stereocenters. The van der Waals surface area contributed by atoms with Gasteiger partial charge in [0, 0.05) is 25.2 Å². The first kappa shape index (κ1) is 13.3. The second kappa shape index (κ2) is 5.01. The van der Waals surface area contributed by atoms with Crippen molar-refractivity contribution in [2.75, 3.05) is 13.1 Å². The van der Waals surface area contributed by atoms with Crippen molar-refractivity contribution < 1.29 is 9.53 Å². The highest BCUT2D eigenvalue weighted by Gasteiger charge is 2.26. The zero-order chi connectivity index (χ0) is 12.3. The Hall–Kier alpha value is -0.810. The average molecular weight is 229 g/mol. The molecule has 2 atom stereocenters. The van der Waals surface area contributed by atoms with Crippen LogP contribution in [0.5, 0.6) is 0 Å². The van der Waals surface area contributed by atoms with Crippen LogP contribution < -0.4 is 11.5 Å². The third-order valence-electron chi connectivity index (χ3n) is 2.67. The summed E-state index contributed by atoms with van der Waals surface area (Å²) in [7, 11) is 0. The van der Waals surface area contributed by atoms with Gasteiger partial charge in [-0.3, -0.25) is 0 Å². The normalized spacial score (nSPS) is 27.4. The summed E-state index contributed by atoms with van der Waals surface area (Å²) in [5.41, 5.74) is 11.3. The second-order valence-corrected chi connectivity index (χ2v) is 5.37. The van der Waals surface area contributed by atoms with E-state index in [2.05, 4.69) is 0 Å². The molecule has 1 saturated heterocycles. The van der Waals surface area contributed by atoms with E-state index in [1.165, 1.54) is 0 Å². The molecule has 1 rings (SSSR count). The van der Waals surface area contributed by atoms with Gasteiger partial charge in [0.25, 0.3) is 0 Å². The Kier molecular flexibility index (Phi) is 4.15. The van der Waals surface area contributed by atoms with E-state index in [1.54, 1.807) is 4.90 Å². The Labute approximate surface area is 97.1 Å². The van der Waals surface area contributed by atoms with E-state index in [4.69, 9.17) is 16.2 Å². The molecule has 0 aromatic heterocycles. The lowest BCUT2D eigenvalue weighted by Crippen LogP contribution is -2.40. The van der Waals surface area contributed by atoms with Crippen LogP contribution in [-0.4, -0.2) is 41.8 Å². The zero-order valence-corrected chi connectivity index (χ0v) is 10.4. The lowest BCUT2D eigenvalue weighted by Gasteiger charge is -2.26. The summed E-state index contributed by atoms with van der Waals surface area (Å²) >= 11 is 0. The summed E-state index contributed by atoms with van der Waals surface area (Å²) in [5.74, 6) is 0. The zero-order valence-electron chi connectivity index (χ0n) is 10.4. The van der Waals surface area contributed by atoms with E-state index in [0.717, 1.165) is 12.8 Å². The molecule has 0 bridgehead atoms. The van der Waals surface area contributed by atoms with E-state index in [0.29, 0.717) is 13.1 Å². The molecule has 94 valence electrons. The number of nitrogens with two attached hydrogens (primary N) is 2. The maximum atomic E-state index is 11.8. The van der Waals surface area contributed by atoms with Crippen LogP contribution in [0.15, 0.2) is 0 Å². The molecule has 1 aliphatic rings. The van der Waals surface area contributed by atoms with Gasteiger partial charge in [-0.25, -0.2) is 4.79 Å². The summed E-state index contributed by atoms with van der Waals surface area (Å²) in [6.45, 7) is 6.84. The highest BCUT2D eigenvalue weighted by atomic mass is 16.6. The van der Waals surface area contributed by atoms with Gasteiger partial charge in [-0.05, 0) is 33.6 Å². The van der Waals surface area contributed by atoms with E-state index in [9.17, 15) is 4.79 Å². The third-order valence-corrected chi connectivity index (χ3v) is 2.67.